The molecule has 0 aromatic carbocycles. The van der Waals surface area contributed by atoms with E-state index in [1.807, 2.05) is 18.4 Å². The minimum atomic E-state index is 0.462. The van der Waals surface area contributed by atoms with Crippen molar-refractivity contribution in [2.45, 2.75) is 38.5 Å². The molecule has 1 N–H and O–H groups in total. The van der Waals surface area contributed by atoms with E-state index in [4.69, 9.17) is 4.98 Å². The molecule has 0 radical (unpaired) electrons. The molecule has 96 valence electrons. The van der Waals surface area contributed by atoms with E-state index in [1.165, 1.54) is 28.4 Å². The first-order chi connectivity index (χ1) is 8.69. The molecule has 2 aromatic rings. The number of nitrogens with zero attached hydrogens (tertiary/aromatic N) is 2. The number of hydrogen-bond acceptors (Lipinski definition) is 5. The molecule has 0 atom stereocenters. The molecule has 1 saturated carbocycles. The van der Waals surface area contributed by atoms with Gasteiger partial charge in [0.1, 0.15) is 0 Å². The topological polar surface area (TPSA) is 37.8 Å². The molecule has 2 aromatic heterocycles. The molecule has 1 aliphatic rings. The lowest BCUT2D eigenvalue weighted by molar-refractivity contribution is 0.824. The Morgan fingerprint density at radius 2 is 2.11 bits per heavy atom. The van der Waals surface area contributed by atoms with Crippen LogP contribution >= 0.6 is 22.7 Å². The molecule has 0 unspecified atom stereocenters. The molecule has 18 heavy (non-hydrogen) atoms. The molecule has 5 heteroatoms. The molecule has 3 nitrogen and oxygen atoms in total. The molecule has 0 saturated heterocycles. The second-order valence-corrected chi connectivity index (χ2v) is 6.87. The summed E-state index contributed by atoms with van der Waals surface area (Å²) < 4.78 is 0. The second-order valence-electron chi connectivity index (χ2n) is 4.98. The lowest BCUT2D eigenvalue weighted by Crippen LogP contribution is -1.92. The van der Waals surface area contributed by atoms with Crippen molar-refractivity contribution in [2.24, 2.45) is 0 Å². The van der Waals surface area contributed by atoms with Gasteiger partial charge in [0.15, 0.2) is 5.13 Å². The summed E-state index contributed by atoms with van der Waals surface area (Å²) in [5.74, 6) is 1.19. The van der Waals surface area contributed by atoms with Crippen LogP contribution in [0.1, 0.15) is 49.2 Å². The van der Waals surface area contributed by atoms with E-state index in [-0.39, 0.29) is 0 Å². The third-order valence-electron chi connectivity index (χ3n) is 3.09. The lowest BCUT2D eigenvalue weighted by atomic mass is 10.1. The van der Waals surface area contributed by atoms with E-state index in [9.17, 15) is 0 Å². The fourth-order valence-electron chi connectivity index (χ4n) is 1.92. The number of hydrogen-bond donors (Lipinski definition) is 1. The third-order valence-corrected chi connectivity index (χ3v) is 5.21. The van der Waals surface area contributed by atoms with Gasteiger partial charge in [-0.15, -0.1) is 22.7 Å². The van der Waals surface area contributed by atoms with Crippen LogP contribution in [0.3, 0.4) is 0 Å². The predicted molar refractivity (Wildman–Crippen MR) is 78.8 cm³/mol. The van der Waals surface area contributed by atoms with Gasteiger partial charge in [0.25, 0.3) is 0 Å². The van der Waals surface area contributed by atoms with Crippen molar-refractivity contribution in [3.63, 3.8) is 0 Å². The van der Waals surface area contributed by atoms with Gasteiger partial charge in [0.2, 0.25) is 0 Å². The summed E-state index contributed by atoms with van der Waals surface area (Å²) in [6, 6.07) is 0. The monoisotopic (exact) mass is 279 g/mol. The summed E-state index contributed by atoms with van der Waals surface area (Å²) in [4.78, 5) is 10.7. The van der Waals surface area contributed by atoms with Gasteiger partial charge in [-0.25, -0.2) is 9.97 Å². The van der Waals surface area contributed by atoms with Gasteiger partial charge in [-0.05, 0) is 18.8 Å². The summed E-state index contributed by atoms with van der Waals surface area (Å²) in [5.41, 5.74) is 2.30. The van der Waals surface area contributed by atoms with Gasteiger partial charge in [0, 0.05) is 18.3 Å². The fraction of sp³-hybridized carbons (Fsp3) is 0.538. The predicted octanol–water partition coefficient (Wildman–Crippen LogP) is 4.31. The minimum Gasteiger partial charge on any atom is -0.365 e. The van der Waals surface area contributed by atoms with Gasteiger partial charge < -0.3 is 5.32 Å². The average Bonchev–Trinajstić information content (AvgIpc) is 2.94. The molecule has 0 spiro atoms. The van der Waals surface area contributed by atoms with E-state index < -0.39 is 0 Å². The van der Waals surface area contributed by atoms with Gasteiger partial charge in [-0.1, -0.05) is 13.8 Å². The van der Waals surface area contributed by atoms with Crippen LogP contribution in [0.15, 0.2) is 5.38 Å². The zero-order valence-corrected chi connectivity index (χ0v) is 12.5. The second kappa shape index (κ2) is 4.63. The highest BCUT2D eigenvalue weighted by Crippen LogP contribution is 2.46. The van der Waals surface area contributed by atoms with Crippen LogP contribution in [-0.2, 0) is 0 Å². The van der Waals surface area contributed by atoms with Gasteiger partial charge in [-0.2, -0.15) is 0 Å². The summed E-state index contributed by atoms with van der Waals surface area (Å²) in [5, 5.41) is 7.51. The van der Waals surface area contributed by atoms with Crippen LogP contribution in [-0.4, -0.2) is 17.0 Å². The molecular formula is C13H17N3S2. The summed E-state index contributed by atoms with van der Waals surface area (Å²) in [6.07, 6.45) is 2.62. The maximum atomic E-state index is 4.85. The van der Waals surface area contributed by atoms with Crippen molar-refractivity contribution in [1.82, 2.24) is 9.97 Å². The summed E-state index contributed by atoms with van der Waals surface area (Å²) in [6.45, 7) is 4.42. The Bertz CT molecular complexity index is 552. The highest BCUT2D eigenvalue weighted by atomic mass is 32.1. The third kappa shape index (κ3) is 2.17. The van der Waals surface area contributed by atoms with Gasteiger partial charge in [-0.3, -0.25) is 0 Å². The Kier molecular flexibility index (Phi) is 3.11. The molecule has 3 rings (SSSR count). The molecule has 0 bridgehead atoms. The van der Waals surface area contributed by atoms with Crippen LogP contribution in [0.2, 0.25) is 0 Å². The molecule has 1 aliphatic carbocycles. The zero-order chi connectivity index (χ0) is 12.7. The SMILES string of the molecule is CNc1nc(-c2sc(C3CC3)nc2C(C)C)cs1. The minimum absolute atomic E-state index is 0.462. The number of thiazole rings is 2. The first-order valence-corrected chi connectivity index (χ1v) is 8.03. The number of nitrogens with one attached hydrogen (secondary N) is 1. The van der Waals surface area contributed by atoms with Crippen molar-refractivity contribution in [3.8, 4) is 10.6 Å². The van der Waals surface area contributed by atoms with Crippen LogP contribution in [0.25, 0.3) is 10.6 Å². The van der Waals surface area contributed by atoms with Crippen LogP contribution in [0, 0.1) is 0 Å². The summed E-state index contributed by atoms with van der Waals surface area (Å²) in [7, 11) is 1.91. The van der Waals surface area contributed by atoms with E-state index in [0.29, 0.717) is 5.92 Å². The average molecular weight is 279 g/mol. The Morgan fingerprint density at radius 3 is 2.67 bits per heavy atom. The Hall–Kier alpha value is -0.940. The van der Waals surface area contributed by atoms with Gasteiger partial charge in [0.05, 0.1) is 21.3 Å². The molecule has 0 amide bonds. The Labute approximate surface area is 115 Å². The molecular weight excluding hydrogens is 262 g/mol. The van der Waals surface area contributed by atoms with E-state index in [1.54, 1.807) is 11.3 Å². The van der Waals surface area contributed by atoms with Gasteiger partial charge >= 0.3 is 0 Å². The zero-order valence-electron chi connectivity index (χ0n) is 10.9. The largest absolute Gasteiger partial charge is 0.365 e. The molecule has 1 fully saturated rings. The van der Waals surface area contributed by atoms with Crippen molar-refractivity contribution < 1.29 is 0 Å². The van der Waals surface area contributed by atoms with E-state index >= 15 is 0 Å². The molecule has 0 aliphatic heterocycles. The molecule has 2 heterocycles. The lowest BCUT2D eigenvalue weighted by Gasteiger charge is -2.02. The number of rotatable bonds is 4. The quantitative estimate of drug-likeness (QED) is 0.906. The van der Waals surface area contributed by atoms with Crippen molar-refractivity contribution in [2.75, 3.05) is 12.4 Å². The number of aromatic nitrogens is 2. The van der Waals surface area contributed by atoms with Crippen LogP contribution in [0.4, 0.5) is 5.13 Å². The van der Waals surface area contributed by atoms with E-state index in [0.717, 1.165) is 16.7 Å². The van der Waals surface area contributed by atoms with Crippen molar-refractivity contribution >= 4 is 27.8 Å². The van der Waals surface area contributed by atoms with Crippen LogP contribution < -0.4 is 5.32 Å². The highest BCUT2D eigenvalue weighted by Gasteiger charge is 2.29. The first-order valence-electron chi connectivity index (χ1n) is 6.33. The normalized spacial score (nSPS) is 15.3. The highest BCUT2D eigenvalue weighted by molar-refractivity contribution is 7.17. The Morgan fingerprint density at radius 1 is 1.33 bits per heavy atom. The smallest absolute Gasteiger partial charge is 0.182 e. The maximum Gasteiger partial charge on any atom is 0.182 e. The fourth-order valence-corrected chi connectivity index (χ4v) is 4.01. The van der Waals surface area contributed by atoms with E-state index in [2.05, 4.69) is 29.5 Å². The number of anilines is 1. The van der Waals surface area contributed by atoms with Crippen molar-refractivity contribution in [3.05, 3.63) is 16.1 Å². The Balaban J connectivity index is 2.02. The standard InChI is InChI=1S/C13H17N3S2/c1-7(2)10-11(9-6-17-13(14-3)15-9)18-12(16-10)8-4-5-8/h6-8H,4-5H2,1-3H3,(H,14,15). The van der Waals surface area contributed by atoms with Crippen molar-refractivity contribution in [1.29, 1.82) is 0 Å². The van der Waals surface area contributed by atoms with Crippen LogP contribution in [0.5, 0.6) is 0 Å². The maximum absolute atomic E-state index is 4.85. The first kappa shape index (κ1) is 12.1. The summed E-state index contributed by atoms with van der Waals surface area (Å²) >= 11 is 3.50.